The average molecular weight is 286 g/mol. The van der Waals surface area contributed by atoms with Crippen LogP contribution in [0.3, 0.4) is 0 Å². The maximum atomic E-state index is 12.4. The summed E-state index contributed by atoms with van der Waals surface area (Å²) in [6.07, 6.45) is 0. The molecule has 106 valence electrons. The van der Waals surface area contributed by atoms with E-state index in [9.17, 15) is 24.9 Å². The van der Waals surface area contributed by atoms with Crippen LogP contribution < -0.4 is 4.74 Å². The molecule has 0 spiro atoms. The maximum absolute atomic E-state index is 12.4. The van der Waals surface area contributed by atoms with Gasteiger partial charge in [0.1, 0.15) is 11.5 Å². The monoisotopic (exact) mass is 286 g/mol. The molecule has 0 bridgehead atoms. The van der Waals surface area contributed by atoms with Crippen LogP contribution in [-0.4, -0.2) is 34.0 Å². The van der Waals surface area contributed by atoms with Crippen molar-refractivity contribution in [1.82, 2.24) is 0 Å². The SMILES string of the molecule is COc1cc(O)c2c(c1)C(=O)c1cc(O)c(O)cc1C2=O. The van der Waals surface area contributed by atoms with Crippen LogP contribution in [0.15, 0.2) is 24.3 Å². The van der Waals surface area contributed by atoms with Crippen LogP contribution in [0.25, 0.3) is 0 Å². The van der Waals surface area contributed by atoms with Crippen molar-refractivity contribution in [3.63, 3.8) is 0 Å². The fraction of sp³-hybridized carbons (Fsp3) is 0.0667. The first-order chi connectivity index (χ1) is 9.93. The Morgan fingerprint density at radius 2 is 1.33 bits per heavy atom. The van der Waals surface area contributed by atoms with E-state index in [-0.39, 0.29) is 33.8 Å². The van der Waals surface area contributed by atoms with E-state index in [1.165, 1.54) is 19.2 Å². The highest BCUT2D eigenvalue weighted by atomic mass is 16.5. The summed E-state index contributed by atoms with van der Waals surface area (Å²) < 4.78 is 4.96. The molecule has 1 aliphatic carbocycles. The molecule has 0 heterocycles. The summed E-state index contributed by atoms with van der Waals surface area (Å²) in [6, 6.07) is 4.62. The lowest BCUT2D eigenvalue weighted by Crippen LogP contribution is -2.21. The van der Waals surface area contributed by atoms with Gasteiger partial charge < -0.3 is 20.1 Å². The van der Waals surface area contributed by atoms with Crippen LogP contribution in [0.4, 0.5) is 0 Å². The highest BCUT2D eigenvalue weighted by Crippen LogP contribution is 2.39. The minimum Gasteiger partial charge on any atom is -0.507 e. The van der Waals surface area contributed by atoms with E-state index in [1.54, 1.807) is 0 Å². The summed E-state index contributed by atoms with van der Waals surface area (Å²) in [6.45, 7) is 0. The zero-order valence-corrected chi connectivity index (χ0v) is 10.9. The molecule has 0 saturated carbocycles. The predicted octanol–water partition coefficient (Wildman–Crippen LogP) is 1.59. The number of carbonyl (C=O) groups excluding carboxylic acids is 2. The summed E-state index contributed by atoms with van der Waals surface area (Å²) in [4.78, 5) is 24.8. The van der Waals surface area contributed by atoms with Crippen LogP contribution in [0, 0.1) is 0 Å². The van der Waals surface area contributed by atoms with Crippen molar-refractivity contribution in [3.8, 4) is 23.0 Å². The highest BCUT2D eigenvalue weighted by Gasteiger charge is 2.33. The Balaban J connectivity index is 2.33. The molecular weight excluding hydrogens is 276 g/mol. The topological polar surface area (TPSA) is 104 Å². The predicted molar refractivity (Wildman–Crippen MR) is 71.3 cm³/mol. The van der Waals surface area contributed by atoms with Gasteiger partial charge in [-0.05, 0) is 18.2 Å². The Hall–Kier alpha value is -3.02. The number of rotatable bonds is 1. The molecule has 1 aliphatic rings. The Morgan fingerprint density at radius 1 is 0.762 bits per heavy atom. The number of methoxy groups -OCH3 is 1. The lowest BCUT2D eigenvalue weighted by atomic mass is 9.83. The number of ether oxygens (including phenoxy) is 1. The zero-order valence-electron chi connectivity index (χ0n) is 10.9. The van der Waals surface area contributed by atoms with Gasteiger partial charge >= 0.3 is 0 Å². The Bertz CT molecular complexity index is 806. The van der Waals surface area contributed by atoms with E-state index < -0.39 is 23.1 Å². The number of phenols is 3. The van der Waals surface area contributed by atoms with Crippen molar-refractivity contribution < 1.29 is 29.6 Å². The molecule has 2 aromatic carbocycles. The van der Waals surface area contributed by atoms with Gasteiger partial charge in [-0.2, -0.15) is 0 Å². The van der Waals surface area contributed by atoms with Crippen LogP contribution in [0.2, 0.25) is 0 Å². The smallest absolute Gasteiger partial charge is 0.198 e. The molecule has 3 rings (SSSR count). The van der Waals surface area contributed by atoms with Crippen LogP contribution in [0.1, 0.15) is 31.8 Å². The van der Waals surface area contributed by atoms with E-state index >= 15 is 0 Å². The molecule has 0 unspecified atom stereocenters. The van der Waals surface area contributed by atoms with Crippen molar-refractivity contribution in [1.29, 1.82) is 0 Å². The zero-order chi connectivity index (χ0) is 15.3. The van der Waals surface area contributed by atoms with Crippen molar-refractivity contribution in [3.05, 3.63) is 46.5 Å². The second-order valence-corrected chi connectivity index (χ2v) is 4.61. The molecule has 0 saturated heterocycles. The summed E-state index contributed by atoms with van der Waals surface area (Å²) in [5.74, 6) is -2.28. The van der Waals surface area contributed by atoms with E-state index in [1.807, 2.05) is 0 Å². The number of hydrogen-bond donors (Lipinski definition) is 3. The summed E-state index contributed by atoms with van der Waals surface area (Å²) >= 11 is 0. The Morgan fingerprint density at radius 3 is 1.90 bits per heavy atom. The average Bonchev–Trinajstić information content (AvgIpc) is 2.46. The van der Waals surface area contributed by atoms with Crippen molar-refractivity contribution in [2.24, 2.45) is 0 Å². The van der Waals surface area contributed by atoms with Crippen LogP contribution in [-0.2, 0) is 0 Å². The van der Waals surface area contributed by atoms with E-state index in [0.717, 1.165) is 12.1 Å². The van der Waals surface area contributed by atoms with Gasteiger partial charge in [0.05, 0.1) is 12.7 Å². The number of ketones is 2. The Labute approximate surface area is 118 Å². The first-order valence-electron chi connectivity index (χ1n) is 6.00. The molecule has 21 heavy (non-hydrogen) atoms. The number of carbonyl (C=O) groups is 2. The minimum atomic E-state index is -0.602. The van der Waals surface area contributed by atoms with Gasteiger partial charge in [-0.25, -0.2) is 0 Å². The lowest BCUT2D eigenvalue weighted by Gasteiger charge is -2.19. The first kappa shape index (κ1) is 13.0. The van der Waals surface area contributed by atoms with Gasteiger partial charge in [0.15, 0.2) is 23.1 Å². The maximum Gasteiger partial charge on any atom is 0.198 e. The van der Waals surface area contributed by atoms with Crippen LogP contribution >= 0.6 is 0 Å². The minimum absolute atomic E-state index is 0.00515. The molecule has 6 heteroatoms. The molecule has 0 amide bonds. The molecule has 0 fully saturated rings. The molecule has 0 atom stereocenters. The number of fused-ring (bicyclic) bond motifs is 2. The van der Waals surface area contributed by atoms with Gasteiger partial charge in [-0.15, -0.1) is 0 Å². The number of benzene rings is 2. The molecule has 6 nitrogen and oxygen atoms in total. The summed E-state index contributed by atoms with van der Waals surface area (Å²) in [5.41, 5.74) is -0.244. The molecule has 0 aliphatic heterocycles. The normalized spacial score (nSPS) is 12.8. The van der Waals surface area contributed by atoms with E-state index in [0.29, 0.717) is 0 Å². The standard InChI is InChI=1S/C15H10O6/c1-21-6-2-9-13(12(18)3-6)15(20)8-5-11(17)10(16)4-7(8)14(9)19/h2-5,16-18H,1H3. The largest absolute Gasteiger partial charge is 0.507 e. The first-order valence-corrected chi connectivity index (χ1v) is 6.00. The van der Waals surface area contributed by atoms with Gasteiger partial charge in [-0.3, -0.25) is 9.59 Å². The second-order valence-electron chi connectivity index (χ2n) is 4.61. The fourth-order valence-corrected chi connectivity index (χ4v) is 2.37. The number of hydrogen-bond acceptors (Lipinski definition) is 6. The second kappa shape index (κ2) is 4.24. The number of phenolic OH excluding ortho intramolecular Hbond substituents is 3. The number of aromatic hydroxyl groups is 3. The van der Waals surface area contributed by atoms with Crippen molar-refractivity contribution >= 4 is 11.6 Å². The third-order valence-electron chi connectivity index (χ3n) is 3.40. The Kier molecular flexibility index (Phi) is 2.62. The van der Waals surface area contributed by atoms with E-state index in [2.05, 4.69) is 0 Å². The van der Waals surface area contributed by atoms with Gasteiger partial charge in [0.2, 0.25) is 0 Å². The highest BCUT2D eigenvalue weighted by molar-refractivity contribution is 6.29. The van der Waals surface area contributed by atoms with Crippen molar-refractivity contribution in [2.75, 3.05) is 7.11 Å². The summed E-state index contributed by atoms with van der Waals surface area (Å²) in [7, 11) is 1.37. The van der Waals surface area contributed by atoms with Gasteiger partial charge in [0.25, 0.3) is 0 Å². The molecule has 0 radical (unpaired) electrons. The van der Waals surface area contributed by atoms with Crippen molar-refractivity contribution in [2.45, 2.75) is 0 Å². The van der Waals surface area contributed by atoms with Crippen LogP contribution in [0.5, 0.6) is 23.0 Å². The summed E-state index contributed by atoms with van der Waals surface area (Å²) in [5, 5.41) is 28.9. The molecule has 2 aromatic rings. The van der Waals surface area contributed by atoms with E-state index in [4.69, 9.17) is 4.74 Å². The third-order valence-corrected chi connectivity index (χ3v) is 3.40. The molecule has 3 N–H and O–H groups in total. The van der Waals surface area contributed by atoms with Gasteiger partial charge in [0, 0.05) is 22.8 Å². The van der Waals surface area contributed by atoms with Gasteiger partial charge in [-0.1, -0.05) is 0 Å². The quantitative estimate of drug-likeness (QED) is 0.587. The molecular formula is C15H10O6. The molecule has 0 aromatic heterocycles. The fourth-order valence-electron chi connectivity index (χ4n) is 2.37. The lowest BCUT2D eigenvalue weighted by molar-refractivity contribution is 0.0975. The third kappa shape index (κ3) is 1.73.